The smallest absolute Gasteiger partial charge is 0.255 e. The highest BCUT2D eigenvalue weighted by molar-refractivity contribution is 5.30. The van der Waals surface area contributed by atoms with E-state index >= 15 is 0 Å². The van der Waals surface area contributed by atoms with Gasteiger partial charge in [-0.15, -0.1) is 0 Å². The molecule has 0 aromatic carbocycles. The maximum Gasteiger partial charge on any atom is 0.255 e. The van der Waals surface area contributed by atoms with Crippen LogP contribution in [-0.2, 0) is 21.7 Å². The van der Waals surface area contributed by atoms with Crippen LogP contribution < -0.4 is 11.3 Å². The summed E-state index contributed by atoms with van der Waals surface area (Å²) in [4.78, 5) is 18.3. The van der Waals surface area contributed by atoms with Crippen LogP contribution >= 0.6 is 0 Å². The van der Waals surface area contributed by atoms with E-state index in [-0.39, 0.29) is 11.5 Å². The molecule has 0 saturated carbocycles. The molecule has 0 unspecified atom stereocenters. The van der Waals surface area contributed by atoms with Crippen molar-refractivity contribution in [2.24, 2.45) is 0 Å². The van der Waals surface area contributed by atoms with Gasteiger partial charge in [0.15, 0.2) is 0 Å². The minimum Gasteiger partial charge on any atom is -0.369 e. The molecule has 0 fully saturated rings. The zero-order valence-corrected chi connectivity index (χ0v) is 9.37. The Morgan fingerprint density at radius 1 is 1.44 bits per heavy atom. The monoisotopic (exact) mass is 225 g/mol. The number of methoxy groups -OCH3 is 2. The van der Waals surface area contributed by atoms with Gasteiger partial charge in [-0.3, -0.25) is 9.78 Å². The Morgan fingerprint density at radius 2 is 2.12 bits per heavy atom. The van der Waals surface area contributed by atoms with Crippen molar-refractivity contribution in [1.29, 1.82) is 0 Å². The molecular weight excluding hydrogens is 210 g/mol. The summed E-state index contributed by atoms with van der Waals surface area (Å²) < 4.78 is 10.7. The van der Waals surface area contributed by atoms with Crippen molar-refractivity contribution in [2.75, 3.05) is 20.0 Å². The van der Waals surface area contributed by atoms with Crippen LogP contribution in [0.25, 0.3) is 0 Å². The number of aromatic amines is 1. The number of nitrogens with one attached hydrogen (secondary N) is 1. The molecule has 3 N–H and O–H groups in total. The first-order valence-corrected chi connectivity index (χ1v) is 5.12. The Balaban J connectivity index is 2.66. The molecule has 1 aromatic heterocycles. The van der Waals surface area contributed by atoms with Crippen LogP contribution in [-0.4, -0.2) is 24.2 Å². The van der Waals surface area contributed by atoms with Gasteiger partial charge in [0.1, 0.15) is 5.69 Å². The average molecular weight is 225 g/mol. The van der Waals surface area contributed by atoms with E-state index in [1.165, 1.54) is 14.2 Å². The average Bonchev–Trinajstić information content (AvgIpc) is 2.28. The fourth-order valence-electron chi connectivity index (χ4n) is 2.16. The Morgan fingerprint density at radius 3 is 2.75 bits per heavy atom. The van der Waals surface area contributed by atoms with Crippen LogP contribution in [0.2, 0.25) is 0 Å². The SMILES string of the molecule is COC1(OC)CCCc2c1nc(N)[nH]c2=O. The Bertz CT molecular complexity index is 451. The zero-order chi connectivity index (χ0) is 11.8. The van der Waals surface area contributed by atoms with Gasteiger partial charge in [0.2, 0.25) is 11.7 Å². The second-order valence-electron chi connectivity index (χ2n) is 3.79. The van der Waals surface area contributed by atoms with Crippen molar-refractivity contribution in [3.8, 4) is 0 Å². The first-order chi connectivity index (χ1) is 7.63. The van der Waals surface area contributed by atoms with Crippen LogP contribution in [0.15, 0.2) is 4.79 Å². The summed E-state index contributed by atoms with van der Waals surface area (Å²) >= 11 is 0. The molecule has 6 nitrogen and oxygen atoms in total. The highest BCUT2D eigenvalue weighted by atomic mass is 16.7. The maximum atomic E-state index is 11.7. The molecule has 0 atom stereocenters. The minimum absolute atomic E-state index is 0.0872. The number of rotatable bonds is 2. The lowest BCUT2D eigenvalue weighted by Gasteiger charge is -2.34. The molecule has 0 radical (unpaired) electrons. The van der Waals surface area contributed by atoms with Gasteiger partial charge in [0, 0.05) is 26.2 Å². The standard InChI is InChI=1S/C10H15N3O3/c1-15-10(16-2)5-3-4-6-7(10)12-9(11)13-8(6)14/h3-5H2,1-2H3,(H3,11,12,13,14). The molecule has 1 aliphatic rings. The van der Waals surface area contributed by atoms with E-state index in [4.69, 9.17) is 15.2 Å². The molecule has 1 aromatic rings. The molecule has 1 heterocycles. The highest BCUT2D eigenvalue weighted by Gasteiger charge is 2.40. The lowest BCUT2D eigenvalue weighted by atomic mass is 9.91. The van der Waals surface area contributed by atoms with Gasteiger partial charge in [-0.25, -0.2) is 4.98 Å². The summed E-state index contributed by atoms with van der Waals surface area (Å²) in [5.41, 5.74) is 6.43. The van der Waals surface area contributed by atoms with Gasteiger partial charge in [0.25, 0.3) is 5.56 Å². The number of aromatic nitrogens is 2. The predicted molar refractivity (Wildman–Crippen MR) is 57.9 cm³/mol. The van der Waals surface area contributed by atoms with Crippen LogP contribution in [0.5, 0.6) is 0 Å². The molecule has 0 bridgehead atoms. The van der Waals surface area contributed by atoms with Crippen LogP contribution in [0.3, 0.4) is 0 Å². The molecule has 0 aliphatic heterocycles. The summed E-state index contributed by atoms with van der Waals surface area (Å²) in [5.74, 6) is -0.847. The summed E-state index contributed by atoms with van der Waals surface area (Å²) in [5, 5.41) is 0. The zero-order valence-electron chi connectivity index (χ0n) is 9.37. The Kier molecular flexibility index (Phi) is 2.69. The number of nitrogens with zero attached hydrogens (tertiary/aromatic N) is 1. The number of fused-ring (bicyclic) bond motifs is 1. The van der Waals surface area contributed by atoms with Crippen molar-refractivity contribution < 1.29 is 9.47 Å². The van der Waals surface area contributed by atoms with Gasteiger partial charge in [-0.2, -0.15) is 0 Å². The van der Waals surface area contributed by atoms with Crippen molar-refractivity contribution in [3.05, 3.63) is 21.6 Å². The van der Waals surface area contributed by atoms with Gasteiger partial charge in [-0.05, 0) is 12.8 Å². The molecule has 88 valence electrons. The van der Waals surface area contributed by atoms with E-state index in [2.05, 4.69) is 9.97 Å². The molecule has 0 saturated heterocycles. The second-order valence-corrected chi connectivity index (χ2v) is 3.79. The first kappa shape index (κ1) is 11.1. The summed E-state index contributed by atoms with van der Waals surface area (Å²) in [6, 6.07) is 0. The lowest BCUT2D eigenvalue weighted by Crippen LogP contribution is -2.39. The van der Waals surface area contributed by atoms with Crippen molar-refractivity contribution in [2.45, 2.75) is 25.0 Å². The molecular formula is C10H15N3O3. The predicted octanol–water partition coefficient (Wildman–Crippen LogP) is 0.134. The van der Waals surface area contributed by atoms with Crippen LogP contribution in [0.1, 0.15) is 24.1 Å². The van der Waals surface area contributed by atoms with Crippen molar-refractivity contribution in [3.63, 3.8) is 0 Å². The summed E-state index contributed by atoms with van der Waals surface area (Å²) in [6.07, 6.45) is 2.17. The molecule has 6 heteroatoms. The normalized spacial score (nSPS) is 18.1. The molecule has 1 aliphatic carbocycles. The molecule has 16 heavy (non-hydrogen) atoms. The summed E-state index contributed by atoms with van der Waals surface area (Å²) in [6.45, 7) is 0. The third-order valence-corrected chi connectivity index (χ3v) is 2.99. The number of H-pyrrole nitrogens is 1. The van der Waals surface area contributed by atoms with E-state index in [0.29, 0.717) is 24.1 Å². The quantitative estimate of drug-likeness (QED) is 0.698. The second kappa shape index (κ2) is 3.88. The van der Waals surface area contributed by atoms with Gasteiger partial charge < -0.3 is 15.2 Å². The van der Waals surface area contributed by atoms with E-state index in [1.807, 2.05) is 0 Å². The van der Waals surface area contributed by atoms with Gasteiger partial charge in [0.05, 0.1) is 0 Å². The summed E-state index contributed by atoms with van der Waals surface area (Å²) in [7, 11) is 3.08. The number of nitrogen functional groups attached to an aromatic ring is 1. The van der Waals surface area contributed by atoms with Crippen molar-refractivity contribution >= 4 is 5.95 Å². The Labute approximate surface area is 92.8 Å². The number of hydrogen-bond acceptors (Lipinski definition) is 5. The van der Waals surface area contributed by atoms with Gasteiger partial charge in [-0.1, -0.05) is 0 Å². The third kappa shape index (κ3) is 1.50. The topological polar surface area (TPSA) is 90.2 Å². The Hall–Kier alpha value is -1.40. The first-order valence-electron chi connectivity index (χ1n) is 5.12. The largest absolute Gasteiger partial charge is 0.369 e. The van der Waals surface area contributed by atoms with E-state index in [1.54, 1.807) is 0 Å². The van der Waals surface area contributed by atoms with E-state index in [0.717, 1.165) is 6.42 Å². The fraction of sp³-hybridized carbons (Fsp3) is 0.600. The molecule has 0 spiro atoms. The maximum absolute atomic E-state index is 11.7. The lowest BCUT2D eigenvalue weighted by molar-refractivity contribution is -0.226. The molecule has 0 amide bonds. The van der Waals surface area contributed by atoms with Crippen LogP contribution in [0.4, 0.5) is 5.95 Å². The van der Waals surface area contributed by atoms with Crippen molar-refractivity contribution in [1.82, 2.24) is 9.97 Å². The van der Waals surface area contributed by atoms with Gasteiger partial charge >= 0.3 is 0 Å². The number of ether oxygens (including phenoxy) is 2. The number of hydrogen-bond donors (Lipinski definition) is 2. The van der Waals surface area contributed by atoms with E-state index < -0.39 is 5.79 Å². The highest BCUT2D eigenvalue weighted by Crippen LogP contribution is 2.36. The fourth-order valence-corrected chi connectivity index (χ4v) is 2.16. The third-order valence-electron chi connectivity index (χ3n) is 2.99. The van der Waals surface area contributed by atoms with Crippen LogP contribution in [0, 0.1) is 0 Å². The minimum atomic E-state index is -0.935. The molecule has 2 rings (SSSR count). The van der Waals surface area contributed by atoms with E-state index in [9.17, 15) is 4.79 Å². The number of anilines is 1. The number of nitrogens with two attached hydrogens (primary N) is 1.